The normalized spacial score (nSPS) is 11.1. The second-order valence-electron chi connectivity index (χ2n) is 3.97. The molecule has 0 heterocycles. The molecule has 2 aromatic carbocycles. The summed E-state index contributed by atoms with van der Waals surface area (Å²) < 4.78 is 27.9. The smallest absolute Gasteiger partial charge is 0.261 e. The van der Waals surface area contributed by atoms with Gasteiger partial charge in [0.15, 0.2) is 0 Å². The Hall–Kier alpha value is -1.44. The fourth-order valence-corrected chi connectivity index (χ4v) is 3.13. The number of thiocarbonyl (C=S) groups is 1. The molecule has 0 aromatic heterocycles. The molecule has 20 heavy (non-hydrogen) atoms. The molecule has 0 aliphatic heterocycles. The number of nitrogens with one attached hydrogen (secondary N) is 1. The summed E-state index contributed by atoms with van der Waals surface area (Å²) in [5.74, 6) is 0. The summed E-state index contributed by atoms with van der Waals surface area (Å²) in [5, 5.41) is 0. The quantitative estimate of drug-likeness (QED) is 0.811. The van der Waals surface area contributed by atoms with Gasteiger partial charge in [0.2, 0.25) is 0 Å². The van der Waals surface area contributed by atoms with Crippen LogP contribution in [0, 0.1) is 0 Å². The lowest BCUT2D eigenvalue weighted by molar-refractivity contribution is 0.601. The first kappa shape index (κ1) is 15.0. The molecule has 0 aliphatic carbocycles. The zero-order chi connectivity index (χ0) is 14.8. The molecule has 0 fully saturated rings. The van der Waals surface area contributed by atoms with E-state index in [1.807, 2.05) is 0 Å². The van der Waals surface area contributed by atoms with Crippen molar-refractivity contribution < 1.29 is 8.42 Å². The summed E-state index contributed by atoms with van der Waals surface area (Å²) in [6.45, 7) is 0. The molecule has 0 saturated heterocycles. The van der Waals surface area contributed by atoms with Crippen molar-refractivity contribution in [2.75, 3.05) is 4.72 Å². The fraction of sp³-hybridized carbons (Fsp3) is 0. The lowest BCUT2D eigenvalue weighted by Gasteiger charge is -2.11. The highest BCUT2D eigenvalue weighted by Gasteiger charge is 2.16. The number of rotatable bonds is 4. The average molecular weight is 371 g/mol. The predicted molar refractivity (Wildman–Crippen MR) is 87.3 cm³/mol. The second-order valence-corrected chi connectivity index (χ2v) is 7.01. The van der Waals surface area contributed by atoms with Crippen molar-refractivity contribution in [3.8, 4) is 0 Å². The predicted octanol–water partition coefficient (Wildman–Crippen LogP) is 2.88. The maximum Gasteiger partial charge on any atom is 0.261 e. The molecule has 0 spiro atoms. The van der Waals surface area contributed by atoms with E-state index < -0.39 is 10.0 Å². The van der Waals surface area contributed by atoms with Crippen LogP contribution < -0.4 is 10.5 Å². The Balaban J connectivity index is 2.38. The molecule has 0 aliphatic rings. The van der Waals surface area contributed by atoms with Gasteiger partial charge in [-0.2, -0.15) is 0 Å². The molecule has 0 amide bonds. The van der Waals surface area contributed by atoms with Gasteiger partial charge in [0.25, 0.3) is 10.0 Å². The van der Waals surface area contributed by atoms with Gasteiger partial charge >= 0.3 is 0 Å². The van der Waals surface area contributed by atoms with Crippen molar-refractivity contribution in [2.24, 2.45) is 5.73 Å². The van der Waals surface area contributed by atoms with Crippen molar-refractivity contribution >= 4 is 48.8 Å². The van der Waals surface area contributed by atoms with E-state index in [-0.39, 0.29) is 9.88 Å². The Morgan fingerprint density at radius 2 is 1.70 bits per heavy atom. The summed E-state index contributed by atoms with van der Waals surface area (Å²) in [5.41, 5.74) is 6.44. The van der Waals surface area contributed by atoms with Crippen molar-refractivity contribution in [1.29, 1.82) is 0 Å². The van der Waals surface area contributed by atoms with Crippen LogP contribution in [0.1, 0.15) is 5.56 Å². The fourth-order valence-electron chi connectivity index (χ4n) is 1.60. The van der Waals surface area contributed by atoms with Crippen molar-refractivity contribution in [3.63, 3.8) is 0 Å². The van der Waals surface area contributed by atoms with Gasteiger partial charge in [0, 0.05) is 10.0 Å². The lowest BCUT2D eigenvalue weighted by Crippen LogP contribution is -2.17. The molecule has 2 aromatic rings. The van der Waals surface area contributed by atoms with Gasteiger partial charge in [-0.25, -0.2) is 8.42 Å². The number of benzene rings is 2. The minimum Gasteiger partial charge on any atom is -0.389 e. The van der Waals surface area contributed by atoms with Crippen LogP contribution in [-0.2, 0) is 10.0 Å². The largest absolute Gasteiger partial charge is 0.389 e. The first-order valence-corrected chi connectivity index (χ1v) is 8.26. The Labute approximate surface area is 131 Å². The first-order chi connectivity index (χ1) is 9.40. The number of hydrogen-bond donors (Lipinski definition) is 2. The van der Waals surface area contributed by atoms with E-state index in [9.17, 15) is 8.42 Å². The number of nitrogens with two attached hydrogens (primary N) is 1. The third-order valence-electron chi connectivity index (χ3n) is 2.56. The van der Waals surface area contributed by atoms with E-state index in [2.05, 4.69) is 20.7 Å². The zero-order valence-electron chi connectivity index (χ0n) is 10.2. The van der Waals surface area contributed by atoms with Crippen LogP contribution in [0.4, 0.5) is 5.69 Å². The van der Waals surface area contributed by atoms with Gasteiger partial charge in [-0.3, -0.25) is 4.72 Å². The molecule has 104 valence electrons. The number of sulfonamides is 1. The number of halogens is 1. The molecular weight excluding hydrogens is 360 g/mol. The van der Waals surface area contributed by atoms with Gasteiger partial charge in [0.05, 0.1) is 10.6 Å². The molecule has 0 bridgehead atoms. The molecule has 0 radical (unpaired) electrons. The SMILES string of the molecule is NC(=S)c1ccccc1NS(=O)(=O)c1ccc(Br)cc1. The number of para-hydroxylation sites is 1. The van der Waals surface area contributed by atoms with Crippen LogP contribution in [0.3, 0.4) is 0 Å². The lowest BCUT2D eigenvalue weighted by atomic mass is 10.2. The van der Waals surface area contributed by atoms with Crippen LogP contribution in [0.2, 0.25) is 0 Å². The van der Waals surface area contributed by atoms with E-state index in [4.69, 9.17) is 18.0 Å². The zero-order valence-corrected chi connectivity index (χ0v) is 13.4. The molecular formula is C13H11BrN2O2S2. The second kappa shape index (κ2) is 5.90. The molecule has 7 heteroatoms. The molecule has 0 atom stereocenters. The minimum absolute atomic E-state index is 0.138. The Morgan fingerprint density at radius 1 is 1.10 bits per heavy atom. The van der Waals surface area contributed by atoms with Crippen molar-refractivity contribution in [1.82, 2.24) is 0 Å². The molecule has 4 nitrogen and oxygen atoms in total. The van der Waals surface area contributed by atoms with Crippen LogP contribution >= 0.6 is 28.1 Å². The highest BCUT2D eigenvalue weighted by molar-refractivity contribution is 9.10. The highest BCUT2D eigenvalue weighted by atomic mass is 79.9. The van der Waals surface area contributed by atoms with Crippen molar-refractivity contribution in [2.45, 2.75) is 4.90 Å². The van der Waals surface area contributed by atoms with Gasteiger partial charge in [-0.1, -0.05) is 40.3 Å². The highest BCUT2D eigenvalue weighted by Crippen LogP contribution is 2.21. The van der Waals surface area contributed by atoms with Gasteiger partial charge in [-0.15, -0.1) is 0 Å². The van der Waals surface area contributed by atoms with Crippen LogP contribution in [0.25, 0.3) is 0 Å². The Morgan fingerprint density at radius 3 is 2.30 bits per heavy atom. The summed E-state index contributed by atoms with van der Waals surface area (Å²) in [6.07, 6.45) is 0. The van der Waals surface area contributed by atoms with Gasteiger partial charge in [0.1, 0.15) is 4.99 Å². The summed E-state index contributed by atoms with van der Waals surface area (Å²) in [6, 6.07) is 13.1. The monoisotopic (exact) mass is 370 g/mol. The summed E-state index contributed by atoms with van der Waals surface area (Å²) >= 11 is 8.17. The van der Waals surface area contributed by atoms with E-state index in [1.54, 1.807) is 36.4 Å². The van der Waals surface area contributed by atoms with Crippen LogP contribution in [0.15, 0.2) is 57.9 Å². The third-order valence-corrected chi connectivity index (χ3v) is 4.69. The van der Waals surface area contributed by atoms with E-state index in [0.29, 0.717) is 11.3 Å². The number of hydrogen-bond acceptors (Lipinski definition) is 3. The molecule has 0 unspecified atom stereocenters. The van der Waals surface area contributed by atoms with Crippen LogP contribution in [-0.4, -0.2) is 13.4 Å². The van der Waals surface area contributed by atoms with Gasteiger partial charge in [-0.05, 0) is 36.4 Å². The standard InChI is InChI=1S/C13H11BrN2O2S2/c14-9-5-7-10(8-6-9)20(17,18)16-12-4-2-1-3-11(12)13(15)19/h1-8,16H,(H2,15,19). The Kier molecular flexibility index (Phi) is 4.42. The molecule has 0 saturated carbocycles. The van der Waals surface area contributed by atoms with Crippen molar-refractivity contribution in [3.05, 3.63) is 58.6 Å². The summed E-state index contributed by atoms with van der Waals surface area (Å²) in [4.78, 5) is 0.303. The first-order valence-electron chi connectivity index (χ1n) is 5.57. The molecule has 2 rings (SSSR count). The minimum atomic E-state index is -3.67. The van der Waals surface area contributed by atoms with E-state index in [0.717, 1.165) is 4.47 Å². The maximum atomic E-state index is 12.3. The Bertz CT molecular complexity index is 743. The average Bonchev–Trinajstić information content (AvgIpc) is 2.39. The number of anilines is 1. The van der Waals surface area contributed by atoms with Gasteiger partial charge < -0.3 is 5.73 Å². The summed E-state index contributed by atoms with van der Waals surface area (Å²) in [7, 11) is -3.67. The van der Waals surface area contributed by atoms with Crippen LogP contribution in [0.5, 0.6) is 0 Å². The maximum absolute atomic E-state index is 12.3. The topological polar surface area (TPSA) is 72.2 Å². The van der Waals surface area contributed by atoms with E-state index >= 15 is 0 Å². The van der Waals surface area contributed by atoms with E-state index in [1.165, 1.54) is 12.1 Å². The third kappa shape index (κ3) is 3.36. The molecule has 3 N–H and O–H groups in total.